The Morgan fingerprint density at radius 1 is 1.08 bits per heavy atom. The molecule has 1 amide bonds. The number of benzene rings is 2. The molecule has 0 radical (unpaired) electrons. The fourth-order valence-corrected chi connectivity index (χ4v) is 5.42. The second-order valence-electron chi connectivity index (χ2n) is 8.25. The highest BCUT2D eigenvalue weighted by atomic mass is 79.9. The first-order valence-corrected chi connectivity index (χ1v) is 13.5. The van der Waals surface area contributed by atoms with Crippen molar-refractivity contribution in [2.45, 2.75) is 6.54 Å². The maximum absolute atomic E-state index is 13.7. The smallest absolute Gasteiger partial charge is 0.302 e. The quantitative estimate of drug-likeness (QED) is 0.352. The molecule has 0 saturated carbocycles. The van der Waals surface area contributed by atoms with Gasteiger partial charge in [0.25, 0.3) is 5.91 Å². The number of sulfone groups is 1. The Kier molecular flexibility index (Phi) is 6.74. The van der Waals surface area contributed by atoms with Gasteiger partial charge in [0.05, 0.1) is 21.7 Å². The van der Waals surface area contributed by atoms with E-state index in [0.717, 1.165) is 16.2 Å². The zero-order chi connectivity index (χ0) is 26.2. The van der Waals surface area contributed by atoms with Crippen LogP contribution in [0.2, 0.25) is 0 Å². The molecule has 5 rings (SSSR count). The van der Waals surface area contributed by atoms with Gasteiger partial charge in [-0.25, -0.2) is 26.8 Å². The zero-order valence-corrected chi connectivity index (χ0v) is 21.3. The molecule has 2 aromatic carbocycles. The number of carbonyl (C=O) groups is 1. The van der Waals surface area contributed by atoms with Gasteiger partial charge in [0.1, 0.15) is 5.82 Å². The molecule has 0 aliphatic carbocycles. The molecule has 192 valence electrons. The van der Waals surface area contributed by atoms with Crippen molar-refractivity contribution in [3.8, 4) is 17.2 Å². The van der Waals surface area contributed by atoms with Crippen LogP contribution in [0, 0.1) is 5.82 Å². The van der Waals surface area contributed by atoms with E-state index < -0.39 is 27.3 Å². The molecular formula is C22H18BrFN6O6S. The molecule has 1 saturated heterocycles. The Labute approximate surface area is 217 Å². The van der Waals surface area contributed by atoms with Gasteiger partial charge in [0.15, 0.2) is 15.5 Å². The van der Waals surface area contributed by atoms with Crippen molar-refractivity contribution in [2.75, 3.05) is 29.9 Å². The summed E-state index contributed by atoms with van der Waals surface area (Å²) in [4.78, 5) is 27.2. The molecule has 3 heterocycles. The van der Waals surface area contributed by atoms with E-state index in [1.54, 1.807) is 24.3 Å². The largest absolute Gasteiger partial charge is 0.446 e. The van der Waals surface area contributed by atoms with Crippen molar-refractivity contribution in [1.29, 1.82) is 0 Å². The minimum absolute atomic E-state index is 0.0729. The number of amides is 1. The molecule has 0 unspecified atom stereocenters. The molecule has 1 N–H and O–H groups in total. The van der Waals surface area contributed by atoms with E-state index in [1.165, 1.54) is 12.1 Å². The van der Waals surface area contributed by atoms with Crippen molar-refractivity contribution in [1.82, 2.24) is 24.9 Å². The lowest BCUT2D eigenvalue weighted by atomic mass is 10.1. The average Bonchev–Trinajstić information content (AvgIpc) is 3.48. The Bertz CT molecular complexity index is 1620. The first-order valence-electron chi connectivity index (χ1n) is 10.9. The van der Waals surface area contributed by atoms with Crippen LogP contribution in [0.15, 0.2) is 60.9 Å². The summed E-state index contributed by atoms with van der Waals surface area (Å²) in [7, 11) is -2.96. The standard InChI is InChI=1S/C22H18BrFN6O6S/c23-16-11-15(5-6-17(16)24)30-20(28-35-22(30)32)18-19(27-36-26-18)25-21(31)14-3-1-13(2-4-14)12-29-7-9-37(33,34)10-8-29/h1-6,11H,7-10,12H2,(H,25,27,31). The SMILES string of the molecule is O=C(Nc1nonc1-c1noc(=O)n1-c1ccc(F)c(Br)c1)c1ccc(CN2CCS(=O)(=O)CC2)cc1. The molecule has 37 heavy (non-hydrogen) atoms. The number of carbonyl (C=O) groups excluding carboxylic acids is 1. The van der Waals surface area contributed by atoms with Crippen LogP contribution in [-0.2, 0) is 16.4 Å². The summed E-state index contributed by atoms with van der Waals surface area (Å²) in [5.74, 6) is -1.85. The van der Waals surface area contributed by atoms with Crippen molar-refractivity contribution in [2.24, 2.45) is 0 Å². The summed E-state index contributed by atoms with van der Waals surface area (Å²) >= 11 is 3.07. The number of anilines is 1. The van der Waals surface area contributed by atoms with Crippen LogP contribution in [0.25, 0.3) is 17.2 Å². The second kappa shape index (κ2) is 9.99. The predicted octanol–water partition coefficient (Wildman–Crippen LogP) is 2.26. The Morgan fingerprint density at radius 2 is 1.81 bits per heavy atom. The fourth-order valence-electron chi connectivity index (χ4n) is 3.78. The first-order chi connectivity index (χ1) is 17.7. The lowest BCUT2D eigenvalue weighted by molar-refractivity contribution is 0.102. The maximum Gasteiger partial charge on any atom is 0.446 e. The van der Waals surface area contributed by atoms with E-state index in [9.17, 15) is 22.4 Å². The Hall–Kier alpha value is -3.69. The molecule has 1 fully saturated rings. The van der Waals surface area contributed by atoms with E-state index >= 15 is 0 Å². The molecule has 0 spiro atoms. The molecule has 0 bridgehead atoms. The molecule has 1 aliphatic rings. The second-order valence-corrected chi connectivity index (χ2v) is 11.4. The number of rotatable bonds is 6. The highest BCUT2D eigenvalue weighted by Gasteiger charge is 2.25. The lowest BCUT2D eigenvalue weighted by Gasteiger charge is -2.26. The molecule has 2 aromatic heterocycles. The number of nitrogens with zero attached hydrogens (tertiary/aromatic N) is 5. The van der Waals surface area contributed by atoms with Gasteiger partial charge in [-0.2, -0.15) is 0 Å². The lowest BCUT2D eigenvalue weighted by Crippen LogP contribution is -2.39. The van der Waals surface area contributed by atoms with Gasteiger partial charge in [-0.05, 0) is 62.1 Å². The third-order valence-corrected chi connectivity index (χ3v) is 7.97. The minimum Gasteiger partial charge on any atom is -0.302 e. The highest BCUT2D eigenvalue weighted by molar-refractivity contribution is 9.10. The van der Waals surface area contributed by atoms with Crippen LogP contribution in [-0.4, -0.2) is 63.9 Å². The van der Waals surface area contributed by atoms with Crippen LogP contribution in [0.1, 0.15) is 15.9 Å². The number of halogens is 2. The van der Waals surface area contributed by atoms with Gasteiger partial charge in [0, 0.05) is 25.2 Å². The number of hydrogen-bond acceptors (Lipinski definition) is 10. The van der Waals surface area contributed by atoms with E-state index in [4.69, 9.17) is 9.15 Å². The van der Waals surface area contributed by atoms with Crippen molar-refractivity contribution in [3.05, 3.63) is 74.4 Å². The topological polar surface area (TPSA) is 153 Å². The van der Waals surface area contributed by atoms with Crippen molar-refractivity contribution < 1.29 is 26.8 Å². The van der Waals surface area contributed by atoms with Crippen LogP contribution in [0.5, 0.6) is 0 Å². The van der Waals surface area contributed by atoms with Crippen LogP contribution in [0.4, 0.5) is 10.2 Å². The zero-order valence-electron chi connectivity index (χ0n) is 18.9. The predicted molar refractivity (Wildman–Crippen MR) is 131 cm³/mol. The molecule has 4 aromatic rings. The third kappa shape index (κ3) is 5.38. The van der Waals surface area contributed by atoms with Gasteiger partial charge >= 0.3 is 5.76 Å². The van der Waals surface area contributed by atoms with Gasteiger partial charge in [-0.3, -0.25) is 14.2 Å². The summed E-state index contributed by atoms with van der Waals surface area (Å²) in [6.45, 7) is 1.50. The monoisotopic (exact) mass is 592 g/mol. The van der Waals surface area contributed by atoms with Crippen molar-refractivity contribution in [3.63, 3.8) is 0 Å². The van der Waals surface area contributed by atoms with Gasteiger partial charge in [-0.1, -0.05) is 17.3 Å². The molecular weight excluding hydrogens is 575 g/mol. The number of nitrogens with one attached hydrogen (secondary N) is 1. The number of aromatic nitrogens is 4. The maximum atomic E-state index is 13.7. The molecule has 0 atom stereocenters. The van der Waals surface area contributed by atoms with Gasteiger partial charge in [-0.15, -0.1) is 0 Å². The first kappa shape index (κ1) is 25.0. The summed E-state index contributed by atoms with van der Waals surface area (Å²) < 4.78 is 47.6. The van der Waals surface area contributed by atoms with E-state index in [2.05, 4.69) is 36.7 Å². The number of hydrogen-bond donors (Lipinski definition) is 1. The molecule has 12 nitrogen and oxygen atoms in total. The molecule has 1 aliphatic heterocycles. The summed E-state index contributed by atoms with van der Waals surface area (Å²) in [6, 6.07) is 10.7. The summed E-state index contributed by atoms with van der Waals surface area (Å²) in [5.41, 5.74) is 1.41. The van der Waals surface area contributed by atoms with E-state index in [-0.39, 0.29) is 39.0 Å². The van der Waals surface area contributed by atoms with Crippen LogP contribution < -0.4 is 11.1 Å². The van der Waals surface area contributed by atoms with Crippen molar-refractivity contribution >= 4 is 37.5 Å². The molecule has 15 heteroatoms. The van der Waals surface area contributed by atoms with E-state index in [1.807, 2.05) is 4.90 Å². The van der Waals surface area contributed by atoms with Crippen LogP contribution in [0.3, 0.4) is 0 Å². The van der Waals surface area contributed by atoms with Gasteiger partial charge < -0.3 is 5.32 Å². The fraction of sp³-hybridized carbons (Fsp3) is 0.227. The Balaban J connectivity index is 1.32. The minimum atomic E-state index is -2.96. The highest BCUT2D eigenvalue weighted by Crippen LogP contribution is 2.26. The van der Waals surface area contributed by atoms with E-state index in [0.29, 0.717) is 25.2 Å². The average molecular weight is 593 g/mol. The normalized spacial score (nSPS) is 15.5. The van der Waals surface area contributed by atoms with Gasteiger partial charge in [0.2, 0.25) is 11.6 Å². The summed E-state index contributed by atoms with van der Waals surface area (Å²) in [5, 5.41) is 13.7. The van der Waals surface area contributed by atoms with Crippen LogP contribution >= 0.6 is 15.9 Å². The third-order valence-electron chi connectivity index (χ3n) is 5.76. The summed E-state index contributed by atoms with van der Waals surface area (Å²) in [6.07, 6.45) is 0. The Morgan fingerprint density at radius 3 is 2.51 bits per heavy atom.